The summed E-state index contributed by atoms with van der Waals surface area (Å²) in [6.07, 6.45) is 1.39. The molecule has 0 aliphatic heterocycles. The number of fused-ring (bicyclic) bond motifs is 1. The Labute approximate surface area is 75.4 Å². The van der Waals surface area contributed by atoms with Gasteiger partial charge in [-0.3, -0.25) is 4.79 Å². The smallest absolute Gasteiger partial charge is 0.181 e. The third-order valence-electron chi connectivity index (χ3n) is 2.02. The molecule has 1 heterocycles. The van der Waals surface area contributed by atoms with Gasteiger partial charge in [0.05, 0.1) is 0 Å². The number of aryl methyl sites for hydroxylation is 1. The van der Waals surface area contributed by atoms with Crippen LogP contribution in [0.3, 0.4) is 0 Å². The Hall–Kier alpha value is -1.64. The summed E-state index contributed by atoms with van der Waals surface area (Å²) in [5.74, 6) is 0.0491. The minimum atomic E-state index is 0.0491. The summed E-state index contributed by atoms with van der Waals surface area (Å²) in [5, 5.41) is 0. The molecule has 1 aromatic carbocycles. The van der Waals surface area contributed by atoms with E-state index in [2.05, 4.69) is 4.98 Å². The van der Waals surface area contributed by atoms with Crippen LogP contribution in [0.2, 0.25) is 0 Å². The monoisotopic (exact) mass is 175 g/mol. The lowest BCUT2D eigenvalue weighted by atomic mass is 10.1. The van der Waals surface area contributed by atoms with Gasteiger partial charge in [0.2, 0.25) is 0 Å². The standard InChI is InChI=1S/C10H9NO2/c1-6-3-8(7(2)12)4-9-10(6)13-5-11-9/h3-5H,1-2H3. The normalized spacial score (nSPS) is 10.6. The first kappa shape index (κ1) is 7.98. The summed E-state index contributed by atoms with van der Waals surface area (Å²) in [7, 11) is 0. The van der Waals surface area contributed by atoms with E-state index in [9.17, 15) is 4.79 Å². The van der Waals surface area contributed by atoms with Gasteiger partial charge < -0.3 is 4.42 Å². The summed E-state index contributed by atoms with van der Waals surface area (Å²) >= 11 is 0. The number of carbonyl (C=O) groups is 1. The molecular formula is C10H9NO2. The maximum absolute atomic E-state index is 11.1. The van der Waals surface area contributed by atoms with Gasteiger partial charge in [0, 0.05) is 5.56 Å². The van der Waals surface area contributed by atoms with E-state index in [0.29, 0.717) is 5.56 Å². The van der Waals surface area contributed by atoms with Crippen LogP contribution in [0.4, 0.5) is 0 Å². The van der Waals surface area contributed by atoms with Crippen molar-refractivity contribution in [2.45, 2.75) is 13.8 Å². The van der Waals surface area contributed by atoms with Crippen LogP contribution in [0.25, 0.3) is 11.1 Å². The second-order valence-corrected chi connectivity index (χ2v) is 3.05. The van der Waals surface area contributed by atoms with Crippen molar-refractivity contribution in [2.75, 3.05) is 0 Å². The van der Waals surface area contributed by atoms with Crippen molar-refractivity contribution < 1.29 is 9.21 Å². The van der Waals surface area contributed by atoms with E-state index in [1.165, 1.54) is 6.39 Å². The first-order valence-electron chi connectivity index (χ1n) is 4.03. The maximum atomic E-state index is 11.1. The van der Waals surface area contributed by atoms with Crippen LogP contribution in [0.15, 0.2) is 22.9 Å². The molecule has 0 saturated carbocycles. The molecule has 0 radical (unpaired) electrons. The predicted octanol–water partition coefficient (Wildman–Crippen LogP) is 2.34. The molecule has 0 unspecified atom stereocenters. The van der Waals surface area contributed by atoms with Crippen LogP contribution in [0, 0.1) is 6.92 Å². The minimum absolute atomic E-state index is 0.0491. The molecule has 3 nitrogen and oxygen atoms in total. The number of rotatable bonds is 1. The second kappa shape index (κ2) is 2.69. The molecule has 13 heavy (non-hydrogen) atoms. The Kier molecular flexibility index (Phi) is 1.65. The number of benzene rings is 1. The van der Waals surface area contributed by atoms with Crippen molar-refractivity contribution >= 4 is 16.9 Å². The molecule has 2 rings (SSSR count). The zero-order valence-electron chi connectivity index (χ0n) is 7.50. The highest BCUT2D eigenvalue weighted by molar-refractivity contribution is 5.97. The molecule has 0 saturated heterocycles. The Morgan fingerprint density at radius 1 is 1.46 bits per heavy atom. The molecule has 0 bridgehead atoms. The molecule has 3 heteroatoms. The first-order valence-corrected chi connectivity index (χ1v) is 4.03. The Balaban J connectivity index is 2.77. The van der Waals surface area contributed by atoms with E-state index >= 15 is 0 Å². The third-order valence-corrected chi connectivity index (χ3v) is 2.02. The summed E-state index contributed by atoms with van der Waals surface area (Å²) in [4.78, 5) is 15.1. The number of hydrogen-bond donors (Lipinski definition) is 0. The molecule has 0 aliphatic rings. The second-order valence-electron chi connectivity index (χ2n) is 3.05. The largest absolute Gasteiger partial charge is 0.443 e. The van der Waals surface area contributed by atoms with Gasteiger partial charge in [0.1, 0.15) is 5.52 Å². The highest BCUT2D eigenvalue weighted by atomic mass is 16.3. The molecule has 0 spiro atoms. The molecule has 0 N–H and O–H groups in total. The molecular weight excluding hydrogens is 166 g/mol. The van der Waals surface area contributed by atoms with Gasteiger partial charge in [0.15, 0.2) is 17.8 Å². The van der Waals surface area contributed by atoms with Crippen LogP contribution >= 0.6 is 0 Å². The lowest BCUT2D eigenvalue weighted by Gasteiger charge is -1.97. The fourth-order valence-corrected chi connectivity index (χ4v) is 1.34. The average molecular weight is 175 g/mol. The van der Waals surface area contributed by atoms with E-state index in [-0.39, 0.29) is 5.78 Å². The fourth-order valence-electron chi connectivity index (χ4n) is 1.34. The summed E-state index contributed by atoms with van der Waals surface area (Å²) in [6, 6.07) is 3.56. The Bertz CT molecular complexity index is 471. The van der Waals surface area contributed by atoms with Gasteiger partial charge in [0.25, 0.3) is 0 Å². The number of Topliss-reactive ketones (excluding diaryl/α,β-unsaturated/α-hetero) is 1. The Morgan fingerprint density at radius 3 is 2.92 bits per heavy atom. The van der Waals surface area contributed by atoms with Gasteiger partial charge >= 0.3 is 0 Å². The van der Waals surface area contributed by atoms with Crippen molar-refractivity contribution in [1.29, 1.82) is 0 Å². The quantitative estimate of drug-likeness (QED) is 0.625. The molecule has 0 aliphatic carbocycles. The minimum Gasteiger partial charge on any atom is -0.443 e. The molecule has 66 valence electrons. The van der Waals surface area contributed by atoms with E-state index < -0.39 is 0 Å². The highest BCUT2D eigenvalue weighted by Gasteiger charge is 2.07. The van der Waals surface area contributed by atoms with Crippen LogP contribution in [0.5, 0.6) is 0 Å². The summed E-state index contributed by atoms with van der Waals surface area (Å²) in [6.45, 7) is 3.45. The van der Waals surface area contributed by atoms with E-state index in [1.54, 1.807) is 13.0 Å². The molecule has 0 fully saturated rings. The number of aromatic nitrogens is 1. The number of oxazole rings is 1. The fraction of sp³-hybridized carbons (Fsp3) is 0.200. The van der Waals surface area contributed by atoms with Gasteiger partial charge in [-0.15, -0.1) is 0 Å². The van der Waals surface area contributed by atoms with Gasteiger partial charge in [-0.1, -0.05) is 0 Å². The van der Waals surface area contributed by atoms with Crippen LogP contribution in [-0.2, 0) is 0 Å². The predicted molar refractivity (Wildman–Crippen MR) is 48.8 cm³/mol. The maximum Gasteiger partial charge on any atom is 0.181 e. The van der Waals surface area contributed by atoms with E-state index in [4.69, 9.17) is 4.42 Å². The van der Waals surface area contributed by atoms with Gasteiger partial charge in [-0.2, -0.15) is 0 Å². The average Bonchev–Trinajstić information content (AvgIpc) is 2.51. The topological polar surface area (TPSA) is 43.1 Å². The van der Waals surface area contributed by atoms with E-state index in [1.807, 2.05) is 13.0 Å². The molecule has 0 atom stereocenters. The number of carbonyl (C=O) groups excluding carboxylic acids is 1. The van der Waals surface area contributed by atoms with Crippen LogP contribution < -0.4 is 0 Å². The van der Waals surface area contributed by atoms with Gasteiger partial charge in [-0.05, 0) is 31.5 Å². The zero-order valence-corrected chi connectivity index (χ0v) is 7.50. The number of ketones is 1. The lowest BCUT2D eigenvalue weighted by molar-refractivity contribution is 0.101. The lowest BCUT2D eigenvalue weighted by Crippen LogP contribution is -1.92. The Morgan fingerprint density at radius 2 is 2.23 bits per heavy atom. The molecule has 1 aromatic heterocycles. The summed E-state index contributed by atoms with van der Waals surface area (Å²) in [5.41, 5.74) is 3.12. The number of hydrogen-bond acceptors (Lipinski definition) is 3. The van der Waals surface area contributed by atoms with Crippen molar-refractivity contribution in [1.82, 2.24) is 4.98 Å². The summed E-state index contributed by atoms with van der Waals surface area (Å²) < 4.78 is 5.16. The highest BCUT2D eigenvalue weighted by Crippen LogP contribution is 2.19. The van der Waals surface area contributed by atoms with Crippen LogP contribution in [-0.4, -0.2) is 10.8 Å². The SMILES string of the molecule is CC(=O)c1cc(C)c2ocnc2c1. The zero-order chi connectivity index (χ0) is 9.42. The number of nitrogens with zero attached hydrogens (tertiary/aromatic N) is 1. The first-order chi connectivity index (χ1) is 6.18. The van der Waals surface area contributed by atoms with Crippen molar-refractivity contribution in [3.63, 3.8) is 0 Å². The van der Waals surface area contributed by atoms with E-state index in [0.717, 1.165) is 16.7 Å². The third kappa shape index (κ3) is 1.22. The molecule has 2 aromatic rings. The van der Waals surface area contributed by atoms with Crippen molar-refractivity contribution in [3.05, 3.63) is 29.7 Å². The molecule has 0 amide bonds. The van der Waals surface area contributed by atoms with Gasteiger partial charge in [-0.25, -0.2) is 4.98 Å². The van der Waals surface area contributed by atoms with Crippen LogP contribution in [0.1, 0.15) is 22.8 Å². The van der Waals surface area contributed by atoms with Crippen molar-refractivity contribution in [3.8, 4) is 0 Å². The van der Waals surface area contributed by atoms with Crippen molar-refractivity contribution in [2.24, 2.45) is 0 Å².